The Morgan fingerprint density at radius 1 is 1.35 bits per heavy atom. The van der Waals surface area contributed by atoms with E-state index in [0.717, 1.165) is 0 Å². The molecule has 2 N–H and O–H groups in total. The zero-order valence-electron chi connectivity index (χ0n) is 9.84. The molecular weight excluding hydrogens is 231 g/mol. The van der Waals surface area contributed by atoms with Gasteiger partial charge >= 0.3 is 6.18 Å². The normalized spacial score (nSPS) is 13.5. The fourth-order valence-corrected chi connectivity index (χ4v) is 1.89. The molecule has 0 aliphatic carbocycles. The van der Waals surface area contributed by atoms with Gasteiger partial charge in [0.25, 0.3) is 0 Å². The molecule has 0 aliphatic heterocycles. The van der Waals surface area contributed by atoms with Gasteiger partial charge in [0.15, 0.2) is 0 Å². The molecule has 96 valence electrons. The molecule has 2 nitrogen and oxygen atoms in total. The number of benzene rings is 1. The minimum absolute atomic E-state index is 0.0126. The summed E-state index contributed by atoms with van der Waals surface area (Å²) >= 11 is 0. The lowest BCUT2D eigenvalue weighted by molar-refractivity contribution is -0.151. The summed E-state index contributed by atoms with van der Waals surface area (Å²) in [5.41, 5.74) is 6.10. The Morgan fingerprint density at radius 2 is 2.00 bits per heavy atom. The zero-order valence-corrected chi connectivity index (χ0v) is 9.84. The molecule has 0 saturated carbocycles. The molecule has 0 heterocycles. The molecule has 1 rings (SSSR count). The van der Waals surface area contributed by atoms with Crippen LogP contribution in [0.1, 0.15) is 23.5 Å². The van der Waals surface area contributed by atoms with E-state index in [2.05, 4.69) is 0 Å². The van der Waals surface area contributed by atoms with Gasteiger partial charge in [-0.2, -0.15) is 13.2 Å². The number of rotatable bonds is 4. The molecule has 1 aromatic rings. The van der Waals surface area contributed by atoms with E-state index < -0.39 is 12.1 Å². The number of ether oxygens (including phenoxy) is 1. The maximum Gasteiger partial charge on any atom is 0.395 e. The second kappa shape index (κ2) is 5.40. The van der Waals surface area contributed by atoms with Crippen molar-refractivity contribution < 1.29 is 17.9 Å². The SMILES string of the molecule is COc1c(C)cccc1C(CCN)C(F)(F)F. The molecule has 1 atom stereocenters. The van der Waals surface area contributed by atoms with Gasteiger partial charge in [0.1, 0.15) is 5.75 Å². The molecular formula is C12H16F3NO. The highest BCUT2D eigenvalue weighted by Gasteiger charge is 2.41. The number of nitrogens with two attached hydrogens (primary N) is 1. The van der Waals surface area contributed by atoms with Crippen molar-refractivity contribution in [2.45, 2.75) is 25.4 Å². The van der Waals surface area contributed by atoms with Crippen LogP contribution in [0.5, 0.6) is 5.75 Å². The van der Waals surface area contributed by atoms with E-state index in [1.807, 2.05) is 0 Å². The fourth-order valence-electron chi connectivity index (χ4n) is 1.89. The van der Waals surface area contributed by atoms with Gasteiger partial charge in [-0.25, -0.2) is 0 Å². The maximum atomic E-state index is 12.9. The number of alkyl halides is 3. The number of aryl methyl sites for hydroxylation is 1. The average Bonchev–Trinajstić information content (AvgIpc) is 2.24. The molecule has 0 bridgehead atoms. The number of halogens is 3. The van der Waals surface area contributed by atoms with E-state index in [9.17, 15) is 13.2 Å². The predicted octanol–water partition coefficient (Wildman–Crippen LogP) is 3.00. The van der Waals surface area contributed by atoms with E-state index in [4.69, 9.17) is 10.5 Å². The fraction of sp³-hybridized carbons (Fsp3) is 0.500. The Bertz CT molecular complexity index is 377. The van der Waals surface area contributed by atoms with Crippen LogP contribution in [0.4, 0.5) is 13.2 Å². The molecule has 0 aromatic heterocycles. The van der Waals surface area contributed by atoms with E-state index in [0.29, 0.717) is 11.3 Å². The summed E-state index contributed by atoms with van der Waals surface area (Å²) in [7, 11) is 1.38. The van der Waals surface area contributed by atoms with E-state index in [-0.39, 0.29) is 18.5 Å². The summed E-state index contributed by atoms with van der Waals surface area (Å²) in [6.45, 7) is 1.71. The monoisotopic (exact) mass is 247 g/mol. The Morgan fingerprint density at radius 3 is 2.47 bits per heavy atom. The Labute approximate surface area is 98.6 Å². The number of hydrogen-bond acceptors (Lipinski definition) is 2. The molecule has 0 amide bonds. The van der Waals surface area contributed by atoms with Crippen molar-refractivity contribution in [3.8, 4) is 5.75 Å². The number of hydrogen-bond donors (Lipinski definition) is 1. The first-order chi connectivity index (χ1) is 7.91. The van der Waals surface area contributed by atoms with Crippen LogP contribution in [0.3, 0.4) is 0 Å². The molecule has 17 heavy (non-hydrogen) atoms. The minimum Gasteiger partial charge on any atom is -0.496 e. The van der Waals surface area contributed by atoms with Gasteiger partial charge in [-0.05, 0) is 25.5 Å². The highest BCUT2D eigenvalue weighted by atomic mass is 19.4. The van der Waals surface area contributed by atoms with Crippen LogP contribution in [0.25, 0.3) is 0 Å². The quantitative estimate of drug-likeness (QED) is 0.887. The van der Waals surface area contributed by atoms with E-state index >= 15 is 0 Å². The lowest BCUT2D eigenvalue weighted by Gasteiger charge is -2.23. The van der Waals surface area contributed by atoms with Gasteiger partial charge in [0, 0.05) is 5.56 Å². The summed E-state index contributed by atoms with van der Waals surface area (Å²) in [6.07, 6.45) is -4.44. The smallest absolute Gasteiger partial charge is 0.395 e. The van der Waals surface area contributed by atoms with Gasteiger partial charge in [0.05, 0.1) is 13.0 Å². The minimum atomic E-state index is -4.31. The lowest BCUT2D eigenvalue weighted by atomic mass is 9.92. The Kier molecular flexibility index (Phi) is 4.40. The van der Waals surface area contributed by atoms with Gasteiger partial charge < -0.3 is 10.5 Å². The molecule has 0 spiro atoms. The van der Waals surface area contributed by atoms with Gasteiger partial charge in [-0.3, -0.25) is 0 Å². The molecule has 1 aromatic carbocycles. The van der Waals surface area contributed by atoms with Crippen molar-refractivity contribution in [2.75, 3.05) is 13.7 Å². The highest BCUT2D eigenvalue weighted by molar-refractivity contribution is 5.43. The number of methoxy groups -OCH3 is 1. The molecule has 5 heteroatoms. The van der Waals surface area contributed by atoms with Crippen LogP contribution in [-0.2, 0) is 0 Å². The van der Waals surface area contributed by atoms with Gasteiger partial charge in [-0.15, -0.1) is 0 Å². The highest BCUT2D eigenvalue weighted by Crippen LogP contribution is 2.41. The molecule has 1 unspecified atom stereocenters. The second-order valence-corrected chi connectivity index (χ2v) is 3.87. The maximum absolute atomic E-state index is 12.9. The average molecular weight is 247 g/mol. The third-order valence-electron chi connectivity index (χ3n) is 2.67. The molecule has 0 radical (unpaired) electrons. The van der Waals surface area contributed by atoms with Crippen LogP contribution in [-0.4, -0.2) is 19.8 Å². The number of para-hydroxylation sites is 1. The van der Waals surface area contributed by atoms with E-state index in [1.165, 1.54) is 13.2 Å². The largest absolute Gasteiger partial charge is 0.496 e. The standard InChI is InChI=1S/C12H16F3NO/c1-8-4-3-5-9(11(8)17-2)10(6-7-16)12(13,14)15/h3-5,10H,6-7,16H2,1-2H3. The van der Waals surface area contributed by atoms with Crippen molar-refractivity contribution in [3.63, 3.8) is 0 Å². The lowest BCUT2D eigenvalue weighted by Crippen LogP contribution is -2.24. The first-order valence-electron chi connectivity index (χ1n) is 5.32. The first-order valence-corrected chi connectivity index (χ1v) is 5.32. The van der Waals surface area contributed by atoms with E-state index in [1.54, 1.807) is 19.1 Å². The topological polar surface area (TPSA) is 35.2 Å². The van der Waals surface area contributed by atoms with Crippen LogP contribution < -0.4 is 10.5 Å². The Hall–Kier alpha value is -1.23. The third kappa shape index (κ3) is 3.12. The first kappa shape index (κ1) is 13.8. The zero-order chi connectivity index (χ0) is 13.1. The summed E-state index contributed by atoms with van der Waals surface area (Å²) in [5, 5.41) is 0. The third-order valence-corrected chi connectivity index (χ3v) is 2.67. The summed E-state index contributed by atoms with van der Waals surface area (Å²) < 4.78 is 43.8. The Balaban J connectivity index is 3.23. The second-order valence-electron chi connectivity index (χ2n) is 3.87. The summed E-state index contributed by atoms with van der Waals surface area (Å²) in [4.78, 5) is 0. The van der Waals surface area contributed by atoms with Crippen molar-refractivity contribution in [1.29, 1.82) is 0 Å². The van der Waals surface area contributed by atoms with Crippen molar-refractivity contribution in [3.05, 3.63) is 29.3 Å². The van der Waals surface area contributed by atoms with Gasteiger partial charge in [0.2, 0.25) is 0 Å². The van der Waals surface area contributed by atoms with Crippen LogP contribution >= 0.6 is 0 Å². The van der Waals surface area contributed by atoms with Crippen LogP contribution in [0.2, 0.25) is 0 Å². The molecule has 0 aliphatic rings. The van der Waals surface area contributed by atoms with Crippen LogP contribution in [0, 0.1) is 6.92 Å². The summed E-state index contributed by atoms with van der Waals surface area (Å²) in [6, 6.07) is 4.76. The predicted molar refractivity (Wildman–Crippen MR) is 60.2 cm³/mol. The van der Waals surface area contributed by atoms with Crippen LogP contribution in [0.15, 0.2) is 18.2 Å². The molecule has 0 fully saturated rings. The molecule has 0 saturated heterocycles. The summed E-state index contributed by atoms with van der Waals surface area (Å²) in [5.74, 6) is -1.27. The van der Waals surface area contributed by atoms with Crippen molar-refractivity contribution in [2.24, 2.45) is 5.73 Å². The van der Waals surface area contributed by atoms with Crippen molar-refractivity contribution in [1.82, 2.24) is 0 Å². The van der Waals surface area contributed by atoms with Crippen molar-refractivity contribution >= 4 is 0 Å². The van der Waals surface area contributed by atoms with Gasteiger partial charge in [-0.1, -0.05) is 18.2 Å².